The molecule has 2 aromatic heterocycles. The maximum Gasteiger partial charge on any atom is 0.264 e. The molecule has 2 aromatic carbocycles. The Bertz CT molecular complexity index is 1240. The number of nitrogens with zero attached hydrogens (tertiary/aromatic N) is 6. The Kier molecular flexibility index (Phi) is 3.98. The van der Waals surface area contributed by atoms with Crippen molar-refractivity contribution in [2.75, 3.05) is 14.1 Å². The molecule has 0 spiro atoms. The fourth-order valence-corrected chi connectivity index (χ4v) is 3.44. The summed E-state index contributed by atoms with van der Waals surface area (Å²) < 4.78 is 3.48. The molecule has 134 valence electrons. The molecule has 0 aliphatic heterocycles. The van der Waals surface area contributed by atoms with Crippen molar-refractivity contribution in [2.45, 2.75) is 13.1 Å². The van der Waals surface area contributed by atoms with E-state index in [0.29, 0.717) is 16.7 Å². The average Bonchev–Trinajstić information content (AvgIpc) is 3.14. The van der Waals surface area contributed by atoms with Gasteiger partial charge in [-0.2, -0.15) is 5.26 Å². The predicted octanol–water partition coefficient (Wildman–Crippen LogP) is 2.33. The van der Waals surface area contributed by atoms with Crippen molar-refractivity contribution >= 4 is 16.7 Å². The summed E-state index contributed by atoms with van der Waals surface area (Å²) in [5.74, 6) is 0.472. The highest BCUT2D eigenvalue weighted by Crippen LogP contribution is 2.23. The molecule has 1 atom stereocenters. The molecular formula is C20H18N6O. The molecule has 0 bridgehead atoms. The highest BCUT2D eigenvalue weighted by atomic mass is 16.1. The van der Waals surface area contributed by atoms with E-state index in [1.165, 1.54) is 0 Å². The van der Waals surface area contributed by atoms with Crippen molar-refractivity contribution in [3.05, 3.63) is 75.8 Å². The zero-order valence-electron chi connectivity index (χ0n) is 15.3. The Labute approximate surface area is 155 Å². The molecule has 7 nitrogen and oxygen atoms in total. The van der Waals surface area contributed by atoms with Crippen LogP contribution in [0.1, 0.15) is 22.9 Å². The Hall–Kier alpha value is -3.50. The van der Waals surface area contributed by atoms with Crippen molar-refractivity contribution in [1.29, 1.82) is 5.26 Å². The van der Waals surface area contributed by atoms with E-state index in [1.807, 2.05) is 60.7 Å². The first kappa shape index (κ1) is 16.9. The van der Waals surface area contributed by atoms with E-state index in [2.05, 4.69) is 16.3 Å². The van der Waals surface area contributed by atoms with Crippen molar-refractivity contribution in [3.63, 3.8) is 0 Å². The number of rotatable bonds is 3. The summed E-state index contributed by atoms with van der Waals surface area (Å²) in [6.45, 7) is 1.96. The maximum absolute atomic E-state index is 13.4. The van der Waals surface area contributed by atoms with Gasteiger partial charge in [-0.05, 0) is 50.8 Å². The molecule has 1 unspecified atom stereocenters. The van der Waals surface area contributed by atoms with Crippen LogP contribution in [0.3, 0.4) is 0 Å². The third kappa shape index (κ3) is 2.67. The van der Waals surface area contributed by atoms with Gasteiger partial charge >= 0.3 is 0 Å². The lowest BCUT2D eigenvalue weighted by Crippen LogP contribution is -2.36. The normalized spacial score (nSPS) is 12.6. The third-order valence-corrected chi connectivity index (χ3v) is 4.68. The van der Waals surface area contributed by atoms with Gasteiger partial charge in [0, 0.05) is 0 Å². The standard InChI is InChI=1S/C20H18N6O/c1-13-4-9-17-16(10-13)19(27)26(20-23-22-12-25(17)20)18(24(2)3)15-7-5-14(11-21)6-8-15/h4-10,12,18H,1-3H3. The van der Waals surface area contributed by atoms with Crippen molar-refractivity contribution in [3.8, 4) is 6.07 Å². The molecule has 4 rings (SSSR count). The van der Waals surface area contributed by atoms with E-state index in [4.69, 9.17) is 5.26 Å². The van der Waals surface area contributed by atoms with Crippen LogP contribution in [0.5, 0.6) is 0 Å². The van der Waals surface area contributed by atoms with Crippen molar-refractivity contribution in [1.82, 2.24) is 24.1 Å². The van der Waals surface area contributed by atoms with Crippen LogP contribution >= 0.6 is 0 Å². The summed E-state index contributed by atoms with van der Waals surface area (Å²) in [7, 11) is 3.81. The van der Waals surface area contributed by atoms with Gasteiger partial charge in [0.15, 0.2) is 0 Å². The molecule has 0 fully saturated rings. The first-order valence-corrected chi connectivity index (χ1v) is 8.52. The number of nitriles is 1. The van der Waals surface area contributed by atoms with Gasteiger partial charge in [-0.25, -0.2) is 0 Å². The monoisotopic (exact) mass is 358 g/mol. The molecule has 7 heteroatoms. The van der Waals surface area contributed by atoms with E-state index in [0.717, 1.165) is 16.6 Å². The number of benzene rings is 2. The first-order valence-electron chi connectivity index (χ1n) is 8.52. The van der Waals surface area contributed by atoms with Crippen LogP contribution in [0, 0.1) is 18.3 Å². The van der Waals surface area contributed by atoms with Crippen LogP contribution < -0.4 is 5.56 Å². The minimum Gasteiger partial charge on any atom is -0.285 e. The van der Waals surface area contributed by atoms with E-state index >= 15 is 0 Å². The number of aromatic nitrogens is 4. The Balaban J connectivity index is 2.07. The summed E-state index contributed by atoms with van der Waals surface area (Å²) in [5.41, 5.74) is 3.12. The Morgan fingerprint density at radius 3 is 2.56 bits per heavy atom. The molecule has 0 N–H and O–H groups in total. The molecule has 27 heavy (non-hydrogen) atoms. The van der Waals surface area contributed by atoms with Crippen LogP contribution in [-0.4, -0.2) is 38.2 Å². The molecule has 0 aliphatic carbocycles. The minimum atomic E-state index is -0.387. The van der Waals surface area contributed by atoms with Crippen LogP contribution in [0.4, 0.5) is 0 Å². The quantitative estimate of drug-likeness (QED) is 0.562. The molecule has 4 aromatic rings. The van der Waals surface area contributed by atoms with E-state index in [-0.39, 0.29) is 11.7 Å². The summed E-state index contributed by atoms with van der Waals surface area (Å²) in [6.07, 6.45) is 1.23. The largest absolute Gasteiger partial charge is 0.285 e. The van der Waals surface area contributed by atoms with Gasteiger partial charge in [0.05, 0.1) is 22.5 Å². The summed E-state index contributed by atoms with van der Waals surface area (Å²) >= 11 is 0. The summed E-state index contributed by atoms with van der Waals surface area (Å²) in [5, 5.41) is 17.9. The number of aryl methyl sites for hydroxylation is 1. The van der Waals surface area contributed by atoms with Gasteiger partial charge in [-0.3, -0.25) is 18.7 Å². The zero-order valence-corrected chi connectivity index (χ0v) is 15.3. The summed E-state index contributed by atoms with van der Waals surface area (Å²) in [4.78, 5) is 15.4. The second kappa shape index (κ2) is 6.34. The molecule has 0 radical (unpaired) electrons. The van der Waals surface area contributed by atoms with Gasteiger partial charge in [0.25, 0.3) is 5.56 Å². The average molecular weight is 358 g/mol. The molecule has 0 aliphatic rings. The van der Waals surface area contributed by atoms with Gasteiger partial charge in [-0.15, -0.1) is 10.2 Å². The van der Waals surface area contributed by atoms with Crippen molar-refractivity contribution in [2.24, 2.45) is 0 Å². The molecular weight excluding hydrogens is 340 g/mol. The van der Waals surface area contributed by atoms with Gasteiger partial charge in [-0.1, -0.05) is 23.8 Å². The van der Waals surface area contributed by atoms with Gasteiger partial charge < -0.3 is 0 Å². The van der Waals surface area contributed by atoms with Crippen LogP contribution in [-0.2, 0) is 0 Å². The fraction of sp³-hybridized carbons (Fsp3) is 0.200. The lowest BCUT2D eigenvalue weighted by Gasteiger charge is -2.27. The van der Waals surface area contributed by atoms with Crippen LogP contribution in [0.25, 0.3) is 16.7 Å². The van der Waals surface area contributed by atoms with Crippen LogP contribution in [0.2, 0.25) is 0 Å². The maximum atomic E-state index is 13.4. The molecule has 0 saturated carbocycles. The smallest absolute Gasteiger partial charge is 0.264 e. The lowest BCUT2D eigenvalue weighted by molar-refractivity contribution is 0.260. The second-order valence-electron chi connectivity index (χ2n) is 6.77. The van der Waals surface area contributed by atoms with Crippen molar-refractivity contribution < 1.29 is 0 Å². The number of hydrogen-bond acceptors (Lipinski definition) is 5. The number of hydrogen-bond donors (Lipinski definition) is 0. The van der Waals surface area contributed by atoms with Crippen LogP contribution in [0.15, 0.2) is 53.6 Å². The predicted molar refractivity (Wildman–Crippen MR) is 102 cm³/mol. The topological polar surface area (TPSA) is 79.2 Å². The highest BCUT2D eigenvalue weighted by molar-refractivity contribution is 5.81. The lowest BCUT2D eigenvalue weighted by atomic mass is 10.1. The third-order valence-electron chi connectivity index (χ3n) is 4.68. The van der Waals surface area contributed by atoms with Gasteiger partial charge in [0.1, 0.15) is 12.5 Å². The summed E-state index contributed by atoms with van der Waals surface area (Å²) in [6, 6.07) is 15.1. The SMILES string of the molecule is Cc1ccc2c(c1)c(=O)n(C(c1ccc(C#N)cc1)N(C)C)c1nncn21. The Morgan fingerprint density at radius 1 is 1.15 bits per heavy atom. The van der Waals surface area contributed by atoms with Gasteiger partial charge in [0.2, 0.25) is 5.78 Å². The molecule has 2 heterocycles. The zero-order chi connectivity index (χ0) is 19.1. The number of fused-ring (bicyclic) bond motifs is 3. The van der Waals surface area contributed by atoms with E-state index in [9.17, 15) is 4.79 Å². The molecule has 0 saturated heterocycles. The fourth-order valence-electron chi connectivity index (χ4n) is 3.44. The minimum absolute atomic E-state index is 0.128. The van der Waals surface area contributed by atoms with E-state index in [1.54, 1.807) is 23.0 Å². The molecule has 0 amide bonds. The Morgan fingerprint density at radius 2 is 1.89 bits per heavy atom. The highest BCUT2D eigenvalue weighted by Gasteiger charge is 2.23. The first-order chi connectivity index (χ1) is 13.0. The van der Waals surface area contributed by atoms with E-state index < -0.39 is 0 Å². The second-order valence-corrected chi connectivity index (χ2v) is 6.77.